The minimum atomic E-state index is -5.19. The highest BCUT2D eigenvalue weighted by atomic mass is 19.4. The molecule has 12 heteroatoms. The first kappa shape index (κ1) is 31.0. The molecule has 0 saturated carbocycles. The van der Waals surface area contributed by atoms with Gasteiger partial charge in [-0.3, -0.25) is 0 Å². The minimum Gasteiger partial charge on any atom is -0.166 e. The maximum atomic E-state index is 13.6. The molecule has 0 spiro atoms. The summed E-state index contributed by atoms with van der Waals surface area (Å²) < 4.78 is 163. The summed E-state index contributed by atoms with van der Waals surface area (Å²) >= 11 is 0. The molecule has 42 heavy (non-hydrogen) atoms. The quantitative estimate of drug-likeness (QED) is 0.204. The predicted octanol–water partition coefficient (Wildman–Crippen LogP) is 11.4. The molecular weight excluding hydrogens is 588 g/mol. The second-order valence-corrected chi connectivity index (χ2v) is 9.76. The van der Waals surface area contributed by atoms with Crippen molar-refractivity contribution in [3.63, 3.8) is 0 Å². The third-order valence-electron chi connectivity index (χ3n) is 6.33. The Hall–Kier alpha value is -3.96. The van der Waals surface area contributed by atoms with E-state index in [2.05, 4.69) is 0 Å². The van der Waals surface area contributed by atoms with Crippen LogP contribution in [-0.4, -0.2) is 0 Å². The van der Waals surface area contributed by atoms with Crippen molar-refractivity contribution in [2.45, 2.75) is 38.6 Å². The van der Waals surface area contributed by atoms with Gasteiger partial charge in [0.15, 0.2) is 0 Å². The molecular formula is C30H18F12. The molecule has 4 aromatic carbocycles. The van der Waals surface area contributed by atoms with E-state index in [-0.39, 0.29) is 45.0 Å². The Kier molecular flexibility index (Phi) is 7.67. The molecule has 0 N–H and O–H groups in total. The van der Waals surface area contributed by atoms with E-state index in [1.165, 1.54) is 32.0 Å². The summed E-state index contributed by atoms with van der Waals surface area (Å²) in [6.07, 6.45) is -20.0. The van der Waals surface area contributed by atoms with E-state index in [9.17, 15) is 52.7 Å². The van der Waals surface area contributed by atoms with E-state index >= 15 is 0 Å². The summed E-state index contributed by atoms with van der Waals surface area (Å²) in [5.74, 6) is 0. The third kappa shape index (κ3) is 6.91. The topological polar surface area (TPSA) is 0 Å². The Labute approximate surface area is 231 Å². The van der Waals surface area contributed by atoms with Crippen molar-refractivity contribution in [3.05, 3.63) is 106 Å². The molecule has 0 heterocycles. The van der Waals surface area contributed by atoms with Crippen molar-refractivity contribution >= 4 is 0 Å². The summed E-state index contributed by atoms with van der Waals surface area (Å²) in [5.41, 5.74) is -6.36. The van der Waals surface area contributed by atoms with E-state index in [1.807, 2.05) is 0 Å². The van der Waals surface area contributed by atoms with E-state index in [0.717, 1.165) is 36.4 Å². The number of halogens is 12. The standard InChI is InChI=1S/C30H18F12/c1-15-3-17(10-23(5-15)27(31,32)33)19-7-20(18-4-16(2)6-24(11-18)28(34,35)36)9-21(8-19)22-12-25(29(37,38)39)14-26(13-22)30(40,41)42/h3-14H,1-2H3. The first-order chi connectivity index (χ1) is 19.1. The van der Waals surface area contributed by atoms with Gasteiger partial charge < -0.3 is 0 Å². The Balaban J connectivity index is 2.07. The average molecular weight is 606 g/mol. The summed E-state index contributed by atoms with van der Waals surface area (Å²) in [6, 6.07) is 9.97. The molecule has 0 amide bonds. The molecule has 0 radical (unpaired) electrons. The van der Waals surface area contributed by atoms with Crippen molar-refractivity contribution < 1.29 is 52.7 Å². The molecule has 0 fully saturated rings. The normalized spacial score (nSPS) is 13.0. The lowest BCUT2D eigenvalue weighted by atomic mass is 9.90. The highest BCUT2D eigenvalue weighted by Crippen LogP contribution is 2.42. The zero-order chi connectivity index (χ0) is 31.4. The highest BCUT2D eigenvalue weighted by Gasteiger charge is 2.37. The van der Waals surface area contributed by atoms with Crippen LogP contribution in [-0.2, 0) is 24.7 Å². The molecule has 0 aromatic heterocycles. The number of hydrogen-bond donors (Lipinski definition) is 0. The largest absolute Gasteiger partial charge is 0.416 e. The molecule has 4 rings (SSSR count). The maximum Gasteiger partial charge on any atom is 0.416 e. The van der Waals surface area contributed by atoms with Crippen molar-refractivity contribution in [1.82, 2.24) is 0 Å². The van der Waals surface area contributed by atoms with Gasteiger partial charge in [0, 0.05) is 0 Å². The van der Waals surface area contributed by atoms with Gasteiger partial charge in [-0.05, 0) is 119 Å². The van der Waals surface area contributed by atoms with E-state index < -0.39 is 52.5 Å². The van der Waals surface area contributed by atoms with Crippen LogP contribution < -0.4 is 0 Å². The smallest absolute Gasteiger partial charge is 0.166 e. The van der Waals surface area contributed by atoms with Crippen LogP contribution in [0.5, 0.6) is 0 Å². The zero-order valence-electron chi connectivity index (χ0n) is 21.5. The predicted molar refractivity (Wildman–Crippen MR) is 132 cm³/mol. The Bertz CT molecular complexity index is 1520. The van der Waals surface area contributed by atoms with E-state index in [0.29, 0.717) is 12.1 Å². The minimum absolute atomic E-state index is 0.0715. The third-order valence-corrected chi connectivity index (χ3v) is 6.33. The van der Waals surface area contributed by atoms with Crippen LogP contribution >= 0.6 is 0 Å². The van der Waals surface area contributed by atoms with Gasteiger partial charge in [0.1, 0.15) is 0 Å². The zero-order valence-corrected chi connectivity index (χ0v) is 21.5. The maximum absolute atomic E-state index is 13.6. The van der Waals surface area contributed by atoms with Gasteiger partial charge in [-0.15, -0.1) is 0 Å². The van der Waals surface area contributed by atoms with Gasteiger partial charge >= 0.3 is 24.7 Å². The monoisotopic (exact) mass is 606 g/mol. The highest BCUT2D eigenvalue weighted by molar-refractivity contribution is 5.82. The number of benzene rings is 4. The van der Waals surface area contributed by atoms with Crippen molar-refractivity contribution in [1.29, 1.82) is 0 Å². The van der Waals surface area contributed by atoms with Crippen LogP contribution in [0.4, 0.5) is 52.7 Å². The average Bonchev–Trinajstić information content (AvgIpc) is 2.85. The first-order valence-corrected chi connectivity index (χ1v) is 11.9. The Morgan fingerprint density at radius 1 is 0.286 bits per heavy atom. The SMILES string of the molecule is Cc1cc(-c2cc(-c3cc(C)cc(C(F)(F)F)c3)cc(-c3cc(C(F)(F)F)cc(C(F)(F)F)c3)c2)cc(C(F)(F)F)c1. The lowest BCUT2D eigenvalue weighted by Gasteiger charge is -2.17. The summed E-state index contributed by atoms with van der Waals surface area (Å²) in [5, 5.41) is 0. The summed E-state index contributed by atoms with van der Waals surface area (Å²) in [7, 11) is 0. The Morgan fingerprint density at radius 3 is 0.762 bits per heavy atom. The molecule has 0 bridgehead atoms. The van der Waals surface area contributed by atoms with E-state index in [4.69, 9.17) is 0 Å². The van der Waals surface area contributed by atoms with Gasteiger partial charge in [0.05, 0.1) is 22.3 Å². The van der Waals surface area contributed by atoms with Crippen LogP contribution in [0.3, 0.4) is 0 Å². The number of hydrogen-bond acceptors (Lipinski definition) is 0. The lowest BCUT2D eigenvalue weighted by molar-refractivity contribution is -0.143. The molecule has 4 aromatic rings. The van der Waals surface area contributed by atoms with Gasteiger partial charge in [-0.25, -0.2) is 0 Å². The molecule has 0 saturated heterocycles. The van der Waals surface area contributed by atoms with Gasteiger partial charge in [-0.1, -0.05) is 12.1 Å². The molecule has 0 aliphatic carbocycles. The van der Waals surface area contributed by atoms with Gasteiger partial charge in [0.25, 0.3) is 0 Å². The second-order valence-electron chi connectivity index (χ2n) is 9.76. The molecule has 0 unspecified atom stereocenters. The second kappa shape index (κ2) is 10.4. The van der Waals surface area contributed by atoms with Crippen LogP contribution in [0, 0.1) is 13.8 Å². The Morgan fingerprint density at radius 2 is 0.500 bits per heavy atom. The first-order valence-electron chi connectivity index (χ1n) is 11.9. The van der Waals surface area contributed by atoms with Gasteiger partial charge in [-0.2, -0.15) is 52.7 Å². The number of alkyl halides is 12. The fourth-order valence-corrected chi connectivity index (χ4v) is 4.48. The molecule has 0 nitrogen and oxygen atoms in total. The van der Waals surface area contributed by atoms with Crippen molar-refractivity contribution in [2.24, 2.45) is 0 Å². The fraction of sp³-hybridized carbons (Fsp3) is 0.200. The van der Waals surface area contributed by atoms with Crippen LogP contribution in [0.1, 0.15) is 33.4 Å². The molecule has 0 aliphatic heterocycles. The molecule has 0 atom stereocenters. The van der Waals surface area contributed by atoms with E-state index in [1.54, 1.807) is 0 Å². The van der Waals surface area contributed by atoms with Crippen molar-refractivity contribution in [2.75, 3.05) is 0 Å². The lowest BCUT2D eigenvalue weighted by Crippen LogP contribution is -2.11. The van der Waals surface area contributed by atoms with Gasteiger partial charge in [0.2, 0.25) is 0 Å². The fourth-order valence-electron chi connectivity index (χ4n) is 4.48. The van der Waals surface area contributed by atoms with Crippen molar-refractivity contribution in [3.8, 4) is 33.4 Å². The molecule has 222 valence electrons. The summed E-state index contributed by atoms with van der Waals surface area (Å²) in [4.78, 5) is 0. The number of aryl methyl sites for hydroxylation is 2. The summed E-state index contributed by atoms with van der Waals surface area (Å²) in [6.45, 7) is 2.70. The number of rotatable bonds is 3. The van der Waals surface area contributed by atoms with Crippen LogP contribution in [0.2, 0.25) is 0 Å². The molecule has 0 aliphatic rings. The van der Waals surface area contributed by atoms with Crippen LogP contribution in [0.25, 0.3) is 33.4 Å². The van der Waals surface area contributed by atoms with Crippen LogP contribution in [0.15, 0.2) is 72.8 Å².